The molecule has 0 fully saturated rings. The van der Waals surface area contributed by atoms with Crippen LogP contribution in [-0.4, -0.2) is 19.1 Å². The first-order chi connectivity index (χ1) is 12.7. The van der Waals surface area contributed by atoms with Gasteiger partial charge in [0.2, 0.25) is 0 Å². The van der Waals surface area contributed by atoms with Gasteiger partial charge in [0.15, 0.2) is 6.10 Å². The second kappa shape index (κ2) is 9.14. The van der Waals surface area contributed by atoms with Crippen molar-refractivity contribution in [3.63, 3.8) is 0 Å². The normalized spacial score (nSPS) is 13.2. The molecule has 0 unspecified atom stereocenters. The number of hydrogen-bond acceptors (Lipinski definition) is 3. The number of carbonyl (C=O) groups excluding carboxylic acids is 1. The molecule has 0 aliphatic rings. The lowest BCUT2D eigenvalue weighted by Gasteiger charge is -2.22. The van der Waals surface area contributed by atoms with Gasteiger partial charge in [-0.3, -0.25) is 4.79 Å². The molecule has 0 aromatic heterocycles. The quantitative estimate of drug-likeness (QED) is 0.687. The van der Waals surface area contributed by atoms with E-state index in [-0.39, 0.29) is 11.9 Å². The van der Waals surface area contributed by atoms with Gasteiger partial charge in [-0.2, -0.15) is 0 Å². The summed E-state index contributed by atoms with van der Waals surface area (Å²) in [7, 11) is 1.68. The summed E-state index contributed by atoms with van der Waals surface area (Å²) in [5, 5.41) is 3.67. The third-order valence-electron chi connectivity index (χ3n) is 4.56. The van der Waals surface area contributed by atoms with Gasteiger partial charge in [0.1, 0.15) is 11.5 Å². The minimum absolute atomic E-state index is 0.142. The Morgan fingerprint density at radius 3 is 2.22 bits per heavy atom. The maximum atomic E-state index is 12.6. The molecular weight excluding hydrogens is 362 g/mol. The SMILES string of the molecule is COc1cc(C)c([C@@H](C)NC(=O)[C@H](C)Oc2ccc(Cl)cc2)cc1C(C)C. The molecule has 0 saturated heterocycles. The first kappa shape index (κ1) is 21.1. The van der Waals surface area contributed by atoms with E-state index in [0.29, 0.717) is 16.7 Å². The van der Waals surface area contributed by atoms with Crippen LogP contribution < -0.4 is 14.8 Å². The van der Waals surface area contributed by atoms with E-state index >= 15 is 0 Å². The molecule has 2 atom stereocenters. The van der Waals surface area contributed by atoms with E-state index in [2.05, 4.69) is 25.2 Å². The summed E-state index contributed by atoms with van der Waals surface area (Å²) >= 11 is 5.87. The van der Waals surface area contributed by atoms with Crippen molar-refractivity contribution >= 4 is 17.5 Å². The van der Waals surface area contributed by atoms with E-state index in [1.807, 2.05) is 19.9 Å². The van der Waals surface area contributed by atoms with Gasteiger partial charge >= 0.3 is 0 Å². The van der Waals surface area contributed by atoms with Gasteiger partial charge in [0, 0.05) is 5.02 Å². The lowest BCUT2D eigenvalue weighted by atomic mass is 9.93. The van der Waals surface area contributed by atoms with E-state index in [1.54, 1.807) is 38.3 Å². The van der Waals surface area contributed by atoms with Gasteiger partial charge < -0.3 is 14.8 Å². The van der Waals surface area contributed by atoms with Crippen LogP contribution in [0.25, 0.3) is 0 Å². The molecule has 0 bridgehead atoms. The fourth-order valence-corrected chi connectivity index (χ4v) is 3.12. The number of rotatable bonds is 7. The smallest absolute Gasteiger partial charge is 0.261 e. The summed E-state index contributed by atoms with van der Waals surface area (Å²) in [5.74, 6) is 1.65. The van der Waals surface area contributed by atoms with E-state index in [4.69, 9.17) is 21.1 Å². The van der Waals surface area contributed by atoms with E-state index in [9.17, 15) is 4.79 Å². The Kier molecular flexibility index (Phi) is 7.14. The molecule has 2 aromatic rings. The average Bonchev–Trinajstić information content (AvgIpc) is 2.62. The van der Waals surface area contributed by atoms with Crippen molar-refractivity contribution in [3.05, 3.63) is 58.1 Å². The number of hydrogen-bond donors (Lipinski definition) is 1. The van der Waals surface area contributed by atoms with Crippen LogP contribution in [0, 0.1) is 6.92 Å². The second-order valence-corrected chi connectivity index (χ2v) is 7.49. The van der Waals surface area contributed by atoms with Gasteiger partial charge in [-0.25, -0.2) is 0 Å². The molecule has 0 aliphatic carbocycles. The summed E-state index contributed by atoms with van der Waals surface area (Å²) in [4.78, 5) is 12.6. The largest absolute Gasteiger partial charge is 0.496 e. The molecule has 2 rings (SSSR count). The molecule has 0 radical (unpaired) electrons. The fraction of sp³-hybridized carbons (Fsp3) is 0.409. The van der Waals surface area contributed by atoms with Crippen molar-refractivity contribution in [2.45, 2.75) is 52.7 Å². The zero-order valence-corrected chi connectivity index (χ0v) is 17.6. The molecule has 5 heteroatoms. The van der Waals surface area contributed by atoms with Crippen molar-refractivity contribution in [1.82, 2.24) is 5.32 Å². The highest BCUT2D eigenvalue weighted by Crippen LogP contribution is 2.32. The molecule has 1 N–H and O–H groups in total. The number of amides is 1. The van der Waals surface area contributed by atoms with Crippen molar-refractivity contribution < 1.29 is 14.3 Å². The maximum Gasteiger partial charge on any atom is 0.261 e. The zero-order chi connectivity index (χ0) is 20.1. The molecule has 0 saturated carbocycles. The third kappa shape index (κ3) is 5.39. The van der Waals surface area contributed by atoms with Gasteiger partial charge in [0.05, 0.1) is 13.2 Å². The predicted octanol–water partition coefficient (Wildman–Crippen LogP) is 5.43. The van der Waals surface area contributed by atoms with Crippen LogP contribution in [0.1, 0.15) is 56.3 Å². The van der Waals surface area contributed by atoms with Crippen LogP contribution in [0.15, 0.2) is 36.4 Å². The first-order valence-electron chi connectivity index (χ1n) is 9.14. The summed E-state index contributed by atoms with van der Waals surface area (Å²) in [6.45, 7) is 9.99. The molecule has 0 heterocycles. The van der Waals surface area contributed by atoms with Gasteiger partial charge in [-0.1, -0.05) is 25.4 Å². The van der Waals surface area contributed by atoms with Crippen LogP contribution in [0.5, 0.6) is 11.5 Å². The highest BCUT2D eigenvalue weighted by molar-refractivity contribution is 6.30. The number of aryl methyl sites for hydroxylation is 1. The van der Waals surface area contributed by atoms with Crippen LogP contribution in [-0.2, 0) is 4.79 Å². The molecule has 0 aliphatic heterocycles. The number of benzene rings is 2. The van der Waals surface area contributed by atoms with Crippen molar-refractivity contribution in [2.75, 3.05) is 7.11 Å². The van der Waals surface area contributed by atoms with E-state index in [0.717, 1.165) is 22.4 Å². The maximum absolute atomic E-state index is 12.6. The van der Waals surface area contributed by atoms with Crippen LogP contribution in [0.4, 0.5) is 0 Å². The number of methoxy groups -OCH3 is 1. The minimum Gasteiger partial charge on any atom is -0.496 e. The lowest BCUT2D eigenvalue weighted by molar-refractivity contribution is -0.127. The number of carbonyl (C=O) groups is 1. The standard InChI is InChI=1S/C22H28ClNO3/c1-13(2)19-12-20(14(3)11-21(19)26-6)15(4)24-22(25)16(5)27-18-9-7-17(23)8-10-18/h7-13,15-16H,1-6H3,(H,24,25)/t15-,16+/m1/s1. The van der Waals surface area contributed by atoms with Gasteiger partial charge in [0.25, 0.3) is 5.91 Å². The van der Waals surface area contributed by atoms with E-state index in [1.165, 1.54) is 0 Å². The van der Waals surface area contributed by atoms with E-state index < -0.39 is 6.10 Å². The monoisotopic (exact) mass is 389 g/mol. The Balaban J connectivity index is 2.11. The van der Waals surface area contributed by atoms with Crippen molar-refractivity contribution in [1.29, 1.82) is 0 Å². The fourth-order valence-electron chi connectivity index (χ4n) is 2.99. The number of ether oxygens (including phenoxy) is 2. The Bertz CT molecular complexity index is 787. The average molecular weight is 390 g/mol. The van der Waals surface area contributed by atoms with Gasteiger partial charge in [-0.05, 0) is 79.8 Å². The number of nitrogens with one attached hydrogen (secondary N) is 1. The third-order valence-corrected chi connectivity index (χ3v) is 4.81. The Morgan fingerprint density at radius 1 is 1.04 bits per heavy atom. The summed E-state index contributed by atoms with van der Waals surface area (Å²) in [6.07, 6.45) is -0.614. The van der Waals surface area contributed by atoms with Crippen LogP contribution >= 0.6 is 11.6 Å². The van der Waals surface area contributed by atoms with Gasteiger partial charge in [-0.15, -0.1) is 0 Å². The molecule has 0 spiro atoms. The molecule has 2 aromatic carbocycles. The summed E-state index contributed by atoms with van der Waals surface area (Å²) < 4.78 is 11.2. The minimum atomic E-state index is -0.614. The Morgan fingerprint density at radius 2 is 1.67 bits per heavy atom. The molecule has 146 valence electrons. The predicted molar refractivity (Wildman–Crippen MR) is 110 cm³/mol. The molecule has 27 heavy (non-hydrogen) atoms. The summed E-state index contributed by atoms with van der Waals surface area (Å²) in [5.41, 5.74) is 3.28. The molecule has 4 nitrogen and oxygen atoms in total. The topological polar surface area (TPSA) is 47.6 Å². The first-order valence-corrected chi connectivity index (χ1v) is 9.51. The number of halogens is 1. The molecular formula is C22H28ClNO3. The highest BCUT2D eigenvalue weighted by atomic mass is 35.5. The molecule has 1 amide bonds. The van der Waals surface area contributed by atoms with Crippen molar-refractivity contribution in [3.8, 4) is 11.5 Å². The van der Waals surface area contributed by atoms with Crippen LogP contribution in [0.3, 0.4) is 0 Å². The lowest BCUT2D eigenvalue weighted by Crippen LogP contribution is -2.38. The van der Waals surface area contributed by atoms with Crippen molar-refractivity contribution in [2.24, 2.45) is 0 Å². The Hall–Kier alpha value is -2.20. The Labute approximate surface area is 166 Å². The zero-order valence-electron chi connectivity index (χ0n) is 16.8. The van der Waals surface area contributed by atoms with Crippen LogP contribution in [0.2, 0.25) is 5.02 Å². The highest BCUT2D eigenvalue weighted by Gasteiger charge is 2.20. The summed E-state index contributed by atoms with van der Waals surface area (Å²) in [6, 6.07) is 11.0. The second-order valence-electron chi connectivity index (χ2n) is 7.05.